The fourth-order valence-electron chi connectivity index (χ4n) is 2.16. The summed E-state index contributed by atoms with van der Waals surface area (Å²) in [7, 11) is -1.28. The fourth-order valence-corrected chi connectivity index (χ4v) is 4.76. The fraction of sp³-hybridized carbons (Fsp3) is 0.474. The molecule has 0 aliphatic heterocycles. The Bertz CT molecular complexity index is 647. The van der Waals surface area contributed by atoms with Crippen molar-refractivity contribution < 1.29 is 0 Å². The topological polar surface area (TPSA) is 0 Å². The van der Waals surface area contributed by atoms with Crippen LogP contribution in [0.5, 0.6) is 0 Å². The van der Waals surface area contributed by atoms with Crippen LogP contribution >= 0.6 is 22.7 Å². The van der Waals surface area contributed by atoms with Gasteiger partial charge in [0.1, 0.15) is 8.07 Å². The molecule has 0 N–H and O–H groups in total. The second kappa shape index (κ2) is 8.15. The summed E-state index contributed by atoms with van der Waals surface area (Å²) >= 11 is 3.78. The van der Waals surface area contributed by atoms with Crippen LogP contribution in [0, 0.1) is 11.5 Å². The Labute approximate surface area is 144 Å². The Kier molecular flexibility index (Phi) is 6.49. The van der Waals surface area contributed by atoms with Crippen LogP contribution in [0.2, 0.25) is 19.6 Å². The molecule has 0 aliphatic carbocycles. The molecule has 0 fully saturated rings. The van der Waals surface area contributed by atoms with Gasteiger partial charge in [0.05, 0.1) is 4.88 Å². The Morgan fingerprint density at radius 2 is 1.64 bits per heavy atom. The van der Waals surface area contributed by atoms with Gasteiger partial charge in [-0.25, -0.2) is 0 Å². The molecular weight excluding hydrogens is 320 g/mol. The zero-order chi connectivity index (χ0) is 16.0. The third kappa shape index (κ3) is 5.76. The van der Waals surface area contributed by atoms with Crippen LogP contribution in [-0.2, 0) is 6.42 Å². The van der Waals surface area contributed by atoms with E-state index in [2.05, 4.69) is 62.3 Å². The minimum absolute atomic E-state index is 1.20. The highest BCUT2D eigenvalue weighted by Gasteiger charge is 2.09. The highest BCUT2D eigenvalue weighted by Crippen LogP contribution is 2.34. The number of hydrogen-bond acceptors (Lipinski definition) is 2. The smallest absolute Gasteiger partial charge is 0.129 e. The third-order valence-corrected chi connectivity index (χ3v) is 6.56. The molecule has 22 heavy (non-hydrogen) atoms. The van der Waals surface area contributed by atoms with Crippen LogP contribution in [0.1, 0.15) is 42.4 Å². The van der Waals surface area contributed by atoms with E-state index in [1.807, 2.05) is 22.7 Å². The van der Waals surface area contributed by atoms with Crippen molar-refractivity contribution in [3.63, 3.8) is 0 Å². The van der Waals surface area contributed by atoms with E-state index in [-0.39, 0.29) is 0 Å². The number of aryl methyl sites for hydroxylation is 1. The highest BCUT2D eigenvalue weighted by molar-refractivity contribution is 7.22. The molecule has 0 bridgehead atoms. The standard InChI is InChI=1S/C19H26S2Si/c1-5-6-7-8-9-16-10-12-18(20-16)19-13-11-17(21-19)14-15-22(2,3)4/h10-13H,5-9H2,1-4H3. The van der Waals surface area contributed by atoms with Gasteiger partial charge in [0.15, 0.2) is 0 Å². The van der Waals surface area contributed by atoms with Crippen LogP contribution in [0.4, 0.5) is 0 Å². The normalized spacial score (nSPS) is 11.3. The average molecular weight is 347 g/mol. The van der Waals surface area contributed by atoms with Gasteiger partial charge in [-0.2, -0.15) is 0 Å². The van der Waals surface area contributed by atoms with E-state index >= 15 is 0 Å². The largest absolute Gasteiger partial charge is 0.139 e. The first kappa shape index (κ1) is 17.5. The first-order valence-electron chi connectivity index (χ1n) is 8.20. The van der Waals surface area contributed by atoms with Gasteiger partial charge < -0.3 is 0 Å². The van der Waals surface area contributed by atoms with Gasteiger partial charge in [-0.05, 0) is 37.1 Å². The SMILES string of the molecule is CCCCCCc1ccc(-c2ccc(C#C[Si](C)(C)C)s2)s1. The summed E-state index contributed by atoms with van der Waals surface area (Å²) in [6, 6.07) is 8.99. The van der Waals surface area contributed by atoms with Gasteiger partial charge in [0, 0.05) is 14.6 Å². The number of rotatable bonds is 6. The van der Waals surface area contributed by atoms with E-state index in [1.165, 1.54) is 51.6 Å². The first-order chi connectivity index (χ1) is 10.5. The quantitative estimate of drug-likeness (QED) is 0.305. The van der Waals surface area contributed by atoms with Gasteiger partial charge in [0.2, 0.25) is 0 Å². The summed E-state index contributed by atoms with van der Waals surface area (Å²) in [5.74, 6) is 3.36. The van der Waals surface area contributed by atoms with Crippen LogP contribution in [0.25, 0.3) is 9.75 Å². The van der Waals surface area contributed by atoms with E-state index < -0.39 is 8.07 Å². The van der Waals surface area contributed by atoms with Gasteiger partial charge in [-0.3, -0.25) is 0 Å². The van der Waals surface area contributed by atoms with Crippen molar-refractivity contribution in [2.75, 3.05) is 0 Å². The van der Waals surface area contributed by atoms with Crippen LogP contribution in [0.3, 0.4) is 0 Å². The Balaban J connectivity index is 1.99. The number of hydrogen-bond donors (Lipinski definition) is 0. The molecule has 0 aliphatic rings. The summed E-state index contributed by atoms with van der Waals surface area (Å²) in [5, 5.41) is 0. The molecule has 0 aromatic carbocycles. The second-order valence-corrected chi connectivity index (χ2v) is 13.7. The summed E-state index contributed by atoms with van der Waals surface area (Å²) < 4.78 is 0. The lowest BCUT2D eigenvalue weighted by atomic mass is 10.1. The zero-order valence-corrected chi connectivity index (χ0v) is 16.8. The van der Waals surface area contributed by atoms with E-state index in [0.717, 1.165) is 0 Å². The van der Waals surface area contributed by atoms with Crippen molar-refractivity contribution in [3.8, 4) is 21.2 Å². The minimum Gasteiger partial charge on any atom is -0.139 e. The van der Waals surface area contributed by atoms with Crippen LogP contribution in [-0.4, -0.2) is 8.07 Å². The predicted octanol–water partition coefficient (Wildman–Crippen LogP) is 6.83. The van der Waals surface area contributed by atoms with Crippen LogP contribution in [0.15, 0.2) is 24.3 Å². The van der Waals surface area contributed by atoms with Gasteiger partial charge in [0.25, 0.3) is 0 Å². The maximum Gasteiger partial charge on any atom is 0.129 e. The molecule has 2 aromatic rings. The highest BCUT2D eigenvalue weighted by atomic mass is 32.1. The van der Waals surface area contributed by atoms with E-state index in [4.69, 9.17) is 0 Å². The Hall–Kier alpha value is -0.823. The zero-order valence-electron chi connectivity index (χ0n) is 14.2. The molecule has 2 aromatic heterocycles. The molecule has 0 saturated heterocycles. The van der Waals surface area contributed by atoms with Gasteiger partial charge in [-0.15, -0.1) is 28.2 Å². The van der Waals surface area contributed by atoms with Crippen LogP contribution < -0.4 is 0 Å². The third-order valence-electron chi connectivity index (χ3n) is 3.35. The monoisotopic (exact) mass is 346 g/mol. The van der Waals surface area contributed by atoms with Crippen molar-refractivity contribution >= 4 is 30.7 Å². The first-order valence-corrected chi connectivity index (χ1v) is 13.3. The van der Waals surface area contributed by atoms with Crippen molar-refractivity contribution in [2.24, 2.45) is 0 Å². The maximum atomic E-state index is 3.45. The summed E-state index contributed by atoms with van der Waals surface area (Å²) in [5.41, 5.74) is 3.45. The van der Waals surface area contributed by atoms with Crippen molar-refractivity contribution in [3.05, 3.63) is 34.0 Å². The summed E-state index contributed by atoms with van der Waals surface area (Å²) in [6.45, 7) is 9.14. The molecule has 0 spiro atoms. The minimum atomic E-state index is -1.28. The lowest BCUT2D eigenvalue weighted by Crippen LogP contribution is -2.16. The van der Waals surface area contributed by atoms with E-state index in [1.54, 1.807) is 0 Å². The Morgan fingerprint density at radius 1 is 0.909 bits per heavy atom. The predicted molar refractivity (Wildman–Crippen MR) is 106 cm³/mol. The number of unbranched alkanes of at least 4 members (excludes halogenated alkanes) is 3. The second-order valence-electron chi connectivity index (χ2n) is 6.74. The summed E-state index contributed by atoms with van der Waals surface area (Å²) in [4.78, 5) is 5.49. The number of thiophene rings is 2. The molecule has 0 nitrogen and oxygen atoms in total. The van der Waals surface area contributed by atoms with Gasteiger partial charge >= 0.3 is 0 Å². The molecule has 0 amide bonds. The molecule has 3 heteroatoms. The molecule has 0 unspecified atom stereocenters. The lowest BCUT2D eigenvalue weighted by molar-refractivity contribution is 0.670. The molecule has 118 valence electrons. The van der Waals surface area contributed by atoms with E-state index in [9.17, 15) is 0 Å². The average Bonchev–Trinajstić information content (AvgIpc) is 3.09. The molecule has 2 rings (SSSR count). The molecular formula is C19H26S2Si. The maximum absolute atomic E-state index is 3.45. The molecule has 2 heterocycles. The molecule has 0 atom stereocenters. The van der Waals surface area contributed by atoms with E-state index in [0.29, 0.717) is 0 Å². The summed E-state index contributed by atoms with van der Waals surface area (Å²) in [6.07, 6.45) is 6.59. The lowest BCUT2D eigenvalue weighted by Gasteiger charge is -2.02. The molecule has 0 radical (unpaired) electrons. The van der Waals surface area contributed by atoms with Crippen molar-refractivity contribution in [2.45, 2.75) is 58.7 Å². The molecule has 0 saturated carbocycles. The Morgan fingerprint density at radius 3 is 2.36 bits per heavy atom. The van der Waals surface area contributed by atoms with Gasteiger partial charge in [-0.1, -0.05) is 51.7 Å². The van der Waals surface area contributed by atoms with Crippen molar-refractivity contribution in [1.82, 2.24) is 0 Å². The van der Waals surface area contributed by atoms with Crippen molar-refractivity contribution in [1.29, 1.82) is 0 Å².